The first kappa shape index (κ1) is 15.0. The largest absolute Gasteiger partial charge is 0.508 e. The van der Waals surface area contributed by atoms with Crippen LogP contribution in [0.5, 0.6) is 5.75 Å². The van der Waals surface area contributed by atoms with Crippen LogP contribution in [-0.2, 0) is 0 Å². The molecule has 5 heteroatoms. The lowest BCUT2D eigenvalue weighted by atomic mass is 10.0. The van der Waals surface area contributed by atoms with Crippen molar-refractivity contribution in [2.24, 2.45) is 0 Å². The Morgan fingerprint density at radius 3 is 2.24 bits per heavy atom. The van der Waals surface area contributed by atoms with Crippen molar-refractivity contribution in [2.75, 3.05) is 0 Å². The Balaban J connectivity index is 2.06. The van der Waals surface area contributed by atoms with Crippen molar-refractivity contribution in [3.8, 4) is 5.75 Å². The summed E-state index contributed by atoms with van der Waals surface area (Å²) >= 11 is 0. The van der Waals surface area contributed by atoms with E-state index in [9.17, 15) is 15.2 Å². The van der Waals surface area contributed by atoms with Crippen LogP contribution in [0.1, 0.15) is 37.1 Å². The molecule has 21 heavy (non-hydrogen) atoms. The Morgan fingerprint density at radius 2 is 1.67 bits per heavy atom. The minimum absolute atomic E-state index is 0.0446. The summed E-state index contributed by atoms with van der Waals surface area (Å²) in [6.45, 7) is 4.01. The molecule has 0 aliphatic rings. The molecule has 2 aromatic carbocycles. The number of hydrogen-bond acceptors (Lipinski definition) is 4. The molecule has 2 aromatic rings. The van der Waals surface area contributed by atoms with Crippen molar-refractivity contribution in [1.82, 2.24) is 5.32 Å². The van der Waals surface area contributed by atoms with Crippen molar-refractivity contribution >= 4 is 5.69 Å². The van der Waals surface area contributed by atoms with E-state index in [1.807, 2.05) is 19.9 Å². The molecule has 0 heterocycles. The van der Waals surface area contributed by atoms with E-state index in [0.717, 1.165) is 11.1 Å². The second-order valence-corrected chi connectivity index (χ2v) is 5.05. The van der Waals surface area contributed by atoms with Gasteiger partial charge in [0.05, 0.1) is 4.92 Å². The first-order valence-corrected chi connectivity index (χ1v) is 6.76. The maximum absolute atomic E-state index is 10.6. The van der Waals surface area contributed by atoms with E-state index in [2.05, 4.69) is 5.32 Å². The Hall–Kier alpha value is -2.40. The van der Waals surface area contributed by atoms with E-state index in [1.54, 1.807) is 30.3 Å². The summed E-state index contributed by atoms with van der Waals surface area (Å²) in [5.74, 6) is 0.240. The number of phenols is 1. The molecule has 2 unspecified atom stereocenters. The van der Waals surface area contributed by atoms with Gasteiger partial charge in [-0.3, -0.25) is 10.1 Å². The lowest BCUT2D eigenvalue weighted by Gasteiger charge is -2.21. The summed E-state index contributed by atoms with van der Waals surface area (Å²) in [4.78, 5) is 10.2. The van der Waals surface area contributed by atoms with Gasteiger partial charge in [-0.1, -0.05) is 24.3 Å². The van der Waals surface area contributed by atoms with Crippen LogP contribution >= 0.6 is 0 Å². The number of nitro benzene ring substituents is 1. The molecule has 0 aromatic heterocycles. The summed E-state index contributed by atoms with van der Waals surface area (Å²) in [5, 5.41) is 23.6. The van der Waals surface area contributed by atoms with Crippen LogP contribution in [0.3, 0.4) is 0 Å². The van der Waals surface area contributed by atoms with Gasteiger partial charge >= 0.3 is 0 Å². The van der Waals surface area contributed by atoms with Gasteiger partial charge in [-0.25, -0.2) is 0 Å². The summed E-state index contributed by atoms with van der Waals surface area (Å²) < 4.78 is 0. The van der Waals surface area contributed by atoms with E-state index in [1.165, 1.54) is 12.1 Å². The van der Waals surface area contributed by atoms with Crippen LogP contribution in [0.2, 0.25) is 0 Å². The average Bonchev–Trinajstić information content (AvgIpc) is 2.47. The summed E-state index contributed by atoms with van der Waals surface area (Å²) in [6, 6.07) is 13.7. The predicted octanol–water partition coefficient (Wildman–Crippen LogP) is 3.71. The minimum atomic E-state index is -0.406. The Kier molecular flexibility index (Phi) is 4.55. The van der Waals surface area contributed by atoms with Crippen molar-refractivity contribution < 1.29 is 10.0 Å². The second-order valence-electron chi connectivity index (χ2n) is 5.05. The molecule has 0 aliphatic carbocycles. The molecule has 0 aliphatic heterocycles. The van der Waals surface area contributed by atoms with E-state index in [0.29, 0.717) is 0 Å². The number of nitro groups is 1. The van der Waals surface area contributed by atoms with Gasteiger partial charge in [0.25, 0.3) is 5.69 Å². The highest BCUT2D eigenvalue weighted by Gasteiger charge is 2.13. The van der Waals surface area contributed by atoms with Crippen molar-refractivity contribution in [1.29, 1.82) is 0 Å². The fourth-order valence-corrected chi connectivity index (χ4v) is 2.25. The summed E-state index contributed by atoms with van der Waals surface area (Å²) in [5.41, 5.74) is 2.06. The molecule has 2 rings (SSSR count). The van der Waals surface area contributed by atoms with Gasteiger partial charge in [-0.05, 0) is 37.1 Å². The number of non-ortho nitro benzene ring substituents is 1. The van der Waals surface area contributed by atoms with Crippen LogP contribution in [-0.4, -0.2) is 10.0 Å². The molecule has 2 atom stereocenters. The second kappa shape index (κ2) is 6.37. The smallest absolute Gasteiger partial charge is 0.269 e. The molecule has 5 nitrogen and oxygen atoms in total. The van der Waals surface area contributed by atoms with Crippen LogP contribution in [0.4, 0.5) is 5.69 Å². The molecule has 0 amide bonds. The van der Waals surface area contributed by atoms with Gasteiger partial charge in [-0.15, -0.1) is 0 Å². The predicted molar refractivity (Wildman–Crippen MR) is 81.2 cm³/mol. The first-order valence-electron chi connectivity index (χ1n) is 6.76. The molecule has 2 N–H and O–H groups in total. The fraction of sp³-hybridized carbons (Fsp3) is 0.250. The van der Waals surface area contributed by atoms with E-state index >= 15 is 0 Å². The van der Waals surface area contributed by atoms with Gasteiger partial charge in [-0.2, -0.15) is 0 Å². The Bertz CT molecular complexity index is 626. The number of hydrogen-bond donors (Lipinski definition) is 2. The molecule has 0 bridgehead atoms. The van der Waals surface area contributed by atoms with Gasteiger partial charge < -0.3 is 10.4 Å². The highest BCUT2D eigenvalue weighted by Crippen LogP contribution is 2.23. The van der Waals surface area contributed by atoms with Crippen LogP contribution in [0.25, 0.3) is 0 Å². The normalized spacial score (nSPS) is 13.6. The zero-order valence-corrected chi connectivity index (χ0v) is 12.0. The van der Waals surface area contributed by atoms with Gasteiger partial charge in [0.15, 0.2) is 0 Å². The van der Waals surface area contributed by atoms with Crippen LogP contribution < -0.4 is 5.32 Å². The quantitative estimate of drug-likeness (QED) is 0.649. The zero-order valence-electron chi connectivity index (χ0n) is 12.0. The molecular weight excluding hydrogens is 268 g/mol. The van der Waals surface area contributed by atoms with E-state index in [-0.39, 0.29) is 23.5 Å². The summed E-state index contributed by atoms with van der Waals surface area (Å²) in [7, 11) is 0. The molecule has 0 radical (unpaired) electrons. The van der Waals surface area contributed by atoms with Gasteiger partial charge in [0, 0.05) is 24.2 Å². The number of phenolic OH excluding ortho intramolecular Hbond substituents is 1. The van der Waals surface area contributed by atoms with Crippen molar-refractivity contribution in [2.45, 2.75) is 25.9 Å². The van der Waals surface area contributed by atoms with E-state index in [4.69, 9.17) is 0 Å². The van der Waals surface area contributed by atoms with Crippen molar-refractivity contribution in [3.05, 3.63) is 69.8 Å². The molecule has 110 valence electrons. The third-order valence-electron chi connectivity index (χ3n) is 3.47. The third-order valence-corrected chi connectivity index (χ3v) is 3.47. The highest BCUT2D eigenvalue weighted by atomic mass is 16.6. The average molecular weight is 286 g/mol. The molecule has 0 fully saturated rings. The third kappa shape index (κ3) is 3.79. The van der Waals surface area contributed by atoms with E-state index < -0.39 is 4.92 Å². The highest BCUT2D eigenvalue weighted by molar-refractivity contribution is 5.34. The van der Waals surface area contributed by atoms with Gasteiger partial charge in [0.1, 0.15) is 5.75 Å². The van der Waals surface area contributed by atoms with Crippen LogP contribution in [0, 0.1) is 10.1 Å². The van der Waals surface area contributed by atoms with Crippen molar-refractivity contribution in [3.63, 3.8) is 0 Å². The zero-order chi connectivity index (χ0) is 15.4. The maximum Gasteiger partial charge on any atom is 0.269 e. The topological polar surface area (TPSA) is 75.4 Å². The minimum Gasteiger partial charge on any atom is -0.508 e. The molecular formula is C16H18N2O3. The number of nitrogens with one attached hydrogen (secondary N) is 1. The number of benzene rings is 2. The maximum atomic E-state index is 10.6. The molecule has 0 spiro atoms. The SMILES string of the molecule is CC(NC(C)c1cccc(O)c1)c1ccc([N+](=O)[O-])cc1. The molecule has 0 saturated heterocycles. The number of aromatic hydroxyl groups is 1. The Morgan fingerprint density at radius 1 is 1.05 bits per heavy atom. The summed E-state index contributed by atoms with van der Waals surface area (Å²) in [6.07, 6.45) is 0. The Labute approximate surface area is 123 Å². The fourth-order valence-electron chi connectivity index (χ4n) is 2.25. The standard InChI is InChI=1S/C16H18N2O3/c1-11(13-6-8-15(9-7-13)18(20)21)17-12(2)14-4-3-5-16(19)10-14/h3-12,17,19H,1-2H3. The lowest BCUT2D eigenvalue weighted by Crippen LogP contribution is -2.22. The van der Waals surface area contributed by atoms with Crippen LogP contribution in [0.15, 0.2) is 48.5 Å². The molecule has 0 saturated carbocycles. The number of nitrogens with zero attached hydrogens (tertiary/aromatic N) is 1. The first-order chi connectivity index (χ1) is 9.97. The number of rotatable bonds is 5. The monoisotopic (exact) mass is 286 g/mol. The van der Waals surface area contributed by atoms with Gasteiger partial charge in [0.2, 0.25) is 0 Å². The lowest BCUT2D eigenvalue weighted by molar-refractivity contribution is -0.384.